The zero-order valence-electron chi connectivity index (χ0n) is 18.6. The Hall–Kier alpha value is -4.47. The number of methoxy groups -OCH3 is 2. The smallest absolute Gasteiger partial charge is 0.332 e. The molecule has 2 aromatic carbocycles. The highest BCUT2D eigenvalue weighted by molar-refractivity contribution is 5.73. The van der Waals surface area contributed by atoms with Crippen molar-refractivity contribution in [2.45, 2.75) is 19.5 Å². The van der Waals surface area contributed by atoms with Crippen LogP contribution in [0.15, 0.2) is 70.4 Å². The highest BCUT2D eigenvalue weighted by Crippen LogP contribution is 2.27. The fourth-order valence-corrected chi connectivity index (χ4v) is 3.82. The average Bonchev–Trinajstić information content (AvgIpc) is 2.86. The number of nitro benzene ring substituents is 1. The van der Waals surface area contributed by atoms with Crippen molar-refractivity contribution in [3.8, 4) is 11.5 Å². The molecule has 0 amide bonds. The molecule has 10 heteroatoms. The van der Waals surface area contributed by atoms with Crippen molar-refractivity contribution in [2.75, 3.05) is 14.2 Å². The van der Waals surface area contributed by atoms with Gasteiger partial charge in [-0.3, -0.25) is 24.0 Å². The van der Waals surface area contributed by atoms with Crippen LogP contribution in [-0.4, -0.2) is 33.3 Å². The second kappa shape index (κ2) is 9.57. The number of non-ortho nitro benzene ring substituents is 1. The van der Waals surface area contributed by atoms with E-state index in [4.69, 9.17) is 9.47 Å². The van der Waals surface area contributed by atoms with E-state index in [1.54, 1.807) is 43.5 Å². The lowest BCUT2D eigenvalue weighted by Gasteiger charge is -2.14. The lowest BCUT2D eigenvalue weighted by molar-refractivity contribution is -0.384. The Kier molecular flexibility index (Phi) is 6.39. The van der Waals surface area contributed by atoms with Gasteiger partial charge in [-0.05, 0) is 41.8 Å². The summed E-state index contributed by atoms with van der Waals surface area (Å²) in [7, 11) is 3.08. The molecule has 0 saturated carbocycles. The Morgan fingerprint density at radius 2 is 1.74 bits per heavy atom. The molecule has 4 aromatic rings. The number of hydrogen-bond donors (Lipinski definition) is 0. The standard InChI is InChI=1S/C24H22N4O6/c1-33-20-9-8-16(14-21(20)34-2)10-12-26-23(29)19-7-4-11-25-22(19)27(24(26)30)15-17-5-3-6-18(13-17)28(31)32/h3-9,11,13-14H,10,12,15H2,1-2H3. The van der Waals surface area contributed by atoms with Gasteiger partial charge in [0.2, 0.25) is 0 Å². The van der Waals surface area contributed by atoms with E-state index in [1.807, 2.05) is 6.07 Å². The number of fused-ring (bicyclic) bond motifs is 1. The number of nitrogens with zero attached hydrogens (tertiary/aromatic N) is 4. The molecule has 0 aliphatic carbocycles. The monoisotopic (exact) mass is 462 g/mol. The minimum absolute atomic E-state index is 0.0324. The first-order valence-electron chi connectivity index (χ1n) is 10.5. The SMILES string of the molecule is COc1ccc(CCn2c(=O)c3cccnc3n(Cc3cccc([N+](=O)[O-])c3)c2=O)cc1OC. The predicted molar refractivity (Wildman–Crippen MR) is 126 cm³/mol. The van der Waals surface area contributed by atoms with Crippen LogP contribution in [0.4, 0.5) is 5.69 Å². The molecule has 0 aliphatic heterocycles. The zero-order valence-corrected chi connectivity index (χ0v) is 18.6. The molecule has 2 aromatic heterocycles. The largest absolute Gasteiger partial charge is 0.493 e. The van der Waals surface area contributed by atoms with Gasteiger partial charge in [-0.15, -0.1) is 0 Å². The number of nitro groups is 1. The van der Waals surface area contributed by atoms with E-state index in [1.165, 1.54) is 30.0 Å². The normalized spacial score (nSPS) is 10.9. The van der Waals surface area contributed by atoms with Gasteiger partial charge in [-0.2, -0.15) is 0 Å². The summed E-state index contributed by atoms with van der Waals surface area (Å²) in [6.07, 6.45) is 1.90. The fraction of sp³-hybridized carbons (Fsp3) is 0.208. The Labute approximate surface area is 193 Å². The highest BCUT2D eigenvalue weighted by atomic mass is 16.6. The summed E-state index contributed by atoms with van der Waals surface area (Å²) in [5, 5.41) is 11.4. The molecule has 34 heavy (non-hydrogen) atoms. The number of aromatic nitrogens is 3. The first-order valence-corrected chi connectivity index (χ1v) is 10.5. The van der Waals surface area contributed by atoms with Crippen molar-refractivity contribution >= 4 is 16.7 Å². The molecule has 0 atom stereocenters. The number of pyridine rings is 1. The predicted octanol–water partition coefficient (Wildman–Crippen LogP) is 2.77. The van der Waals surface area contributed by atoms with E-state index in [0.717, 1.165) is 10.1 Å². The van der Waals surface area contributed by atoms with Crippen LogP contribution in [0.5, 0.6) is 11.5 Å². The molecular weight excluding hydrogens is 440 g/mol. The minimum atomic E-state index is -0.539. The third kappa shape index (κ3) is 4.38. The number of rotatable bonds is 8. The maximum Gasteiger partial charge on any atom is 0.332 e. The van der Waals surface area contributed by atoms with Crippen LogP contribution < -0.4 is 20.7 Å². The van der Waals surface area contributed by atoms with Crippen molar-refractivity contribution in [1.82, 2.24) is 14.1 Å². The van der Waals surface area contributed by atoms with Crippen LogP contribution >= 0.6 is 0 Å². The minimum Gasteiger partial charge on any atom is -0.493 e. The molecule has 10 nitrogen and oxygen atoms in total. The van der Waals surface area contributed by atoms with Gasteiger partial charge in [-0.25, -0.2) is 9.78 Å². The van der Waals surface area contributed by atoms with E-state index in [0.29, 0.717) is 28.9 Å². The van der Waals surface area contributed by atoms with Crippen LogP contribution in [-0.2, 0) is 19.5 Å². The highest BCUT2D eigenvalue weighted by Gasteiger charge is 2.16. The summed E-state index contributed by atoms with van der Waals surface area (Å²) in [4.78, 5) is 41.4. The maximum absolute atomic E-state index is 13.4. The molecule has 4 rings (SSSR count). The summed E-state index contributed by atoms with van der Waals surface area (Å²) in [5.74, 6) is 1.14. The molecule has 0 spiro atoms. The van der Waals surface area contributed by atoms with E-state index < -0.39 is 16.2 Å². The molecule has 0 bridgehead atoms. The topological polar surface area (TPSA) is 118 Å². The van der Waals surface area contributed by atoms with Crippen LogP contribution in [0.2, 0.25) is 0 Å². The molecule has 0 fully saturated rings. The second-order valence-corrected chi connectivity index (χ2v) is 7.57. The van der Waals surface area contributed by atoms with Gasteiger partial charge in [0.15, 0.2) is 11.5 Å². The Morgan fingerprint density at radius 1 is 0.941 bits per heavy atom. The first-order chi connectivity index (χ1) is 16.4. The van der Waals surface area contributed by atoms with Crippen molar-refractivity contribution in [3.63, 3.8) is 0 Å². The summed E-state index contributed by atoms with van der Waals surface area (Å²) in [6, 6.07) is 14.7. The lowest BCUT2D eigenvalue weighted by atomic mass is 10.1. The molecule has 0 unspecified atom stereocenters. The molecule has 0 saturated heterocycles. The number of hydrogen-bond acceptors (Lipinski definition) is 7. The number of aryl methyl sites for hydroxylation is 1. The van der Waals surface area contributed by atoms with E-state index in [9.17, 15) is 19.7 Å². The zero-order chi connectivity index (χ0) is 24.2. The first kappa shape index (κ1) is 22.7. The van der Waals surface area contributed by atoms with Gasteiger partial charge in [-0.1, -0.05) is 18.2 Å². The van der Waals surface area contributed by atoms with Crippen molar-refractivity contribution in [3.05, 3.63) is 103 Å². The Morgan fingerprint density at radius 3 is 2.47 bits per heavy atom. The maximum atomic E-state index is 13.4. The fourth-order valence-electron chi connectivity index (χ4n) is 3.82. The molecule has 0 N–H and O–H groups in total. The van der Waals surface area contributed by atoms with Gasteiger partial charge in [0.1, 0.15) is 5.65 Å². The van der Waals surface area contributed by atoms with E-state index >= 15 is 0 Å². The molecule has 0 aliphatic rings. The van der Waals surface area contributed by atoms with Gasteiger partial charge < -0.3 is 9.47 Å². The Balaban J connectivity index is 1.75. The molecular formula is C24H22N4O6. The number of benzene rings is 2. The van der Waals surface area contributed by atoms with Gasteiger partial charge in [0, 0.05) is 24.9 Å². The number of ether oxygens (including phenoxy) is 2. The average molecular weight is 462 g/mol. The molecule has 2 heterocycles. The third-order valence-corrected chi connectivity index (χ3v) is 5.51. The summed E-state index contributed by atoms with van der Waals surface area (Å²) < 4.78 is 13.1. The van der Waals surface area contributed by atoms with Crippen LogP contribution in [0.25, 0.3) is 11.0 Å². The van der Waals surface area contributed by atoms with Crippen molar-refractivity contribution in [1.29, 1.82) is 0 Å². The van der Waals surface area contributed by atoms with Gasteiger partial charge >= 0.3 is 5.69 Å². The van der Waals surface area contributed by atoms with Crippen LogP contribution in [0.1, 0.15) is 11.1 Å². The van der Waals surface area contributed by atoms with Crippen LogP contribution in [0, 0.1) is 10.1 Å². The second-order valence-electron chi connectivity index (χ2n) is 7.57. The van der Waals surface area contributed by atoms with E-state index in [2.05, 4.69) is 4.98 Å². The van der Waals surface area contributed by atoms with Crippen LogP contribution in [0.3, 0.4) is 0 Å². The van der Waals surface area contributed by atoms with E-state index in [-0.39, 0.29) is 24.4 Å². The summed E-state index contributed by atoms with van der Waals surface area (Å²) in [5.41, 5.74) is 0.580. The molecule has 174 valence electrons. The lowest BCUT2D eigenvalue weighted by Crippen LogP contribution is -2.41. The van der Waals surface area contributed by atoms with Gasteiger partial charge in [0.25, 0.3) is 11.2 Å². The summed E-state index contributed by atoms with van der Waals surface area (Å²) >= 11 is 0. The molecule has 0 radical (unpaired) electrons. The third-order valence-electron chi connectivity index (χ3n) is 5.51. The van der Waals surface area contributed by atoms with Crippen molar-refractivity contribution in [2.24, 2.45) is 0 Å². The van der Waals surface area contributed by atoms with Crippen molar-refractivity contribution < 1.29 is 14.4 Å². The Bertz CT molecular complexity index is 1490. The summed E-state index contributed by atoms with van der Waals surface area (Å²) in [6.45, 7) is 0.164. The quantitative estimate of drug-likeness (QED) is 0.292. The van der Waals surface area contributed by atoms with Gasteiger partial charge in [0.05, 0.1) is 31.1 Å².